The van der Waals surface area contributed by atoms with Crippen molar-refractivity contribution < 1.29 is 9.84 Å². The molecule has 2 aromatic rings. The van der Waals surface area contributed by atoms with Gasteiger partial charge in [-0.05, 0) is 41.7 Å². The summed E-state index contributed by atoms with van der Waals surface area (Å²) in [4.78, 5) is 6.75. The van der Waals surface area contributed by atoms with Crippen LogP contribution in [-0.4, -0.2) is 56.9 Å². The van der Waals surface area contributed by atoms with Crippen molar-refractivity contribution in [2.45, 2.75) is 25.3 Å². The Morgan fingerprint density at radius 2 is 2.38 bits per heavy atom. The smallest absolute Gasteiger partial charge is 0.216 e. The number of ether oxygens (including phenoxy) is 1. The molecule has 3 heterocycles. The molecule has 6 nitrogen and oxygen atoms in total. The number of aromatic nitrogens is 3. The summed E-state index contributed by atoms with van der Waals surface area (Å²) in [6.45, 7) is 2.93. The van der Waals surface area contributed by atoms with Crippen LogP contribution in [0.4, 0.5) is 0 Å². The minimum atomic E-state index is 0.258. The van der Waals surface area contributed by atoms with Gasteiger partial charge in [0.15, 0.2) is 5.65 Å². The molecule has 0 amide bonds. The van der Waals surface area contributed by atoms with Crippen LogP contribution in [0, 0.1) is 0 Å². The lowest BCUT2D eigenvalue weighted by atomic mass is 10.2. The van der Waals surface area contributed by atoms with Gasteiger partial charge in [0, 0.05) is 24.8 Å². The lowest BCUT2D eigenvalue weighted by molar-refractivity contribution is 0.150. The van der Waals surface area contributed by atoms with E-state index in [-0.39, 0.29) is 6.61 Å². The largest absolute Gasteiger partial charge is 0.478 e. The van der Waals surface area contributed by atoms with E-state index in [0.29, 0.717) is 18.5 Å². The molecule has 0 unspecified atom stereocenters. The van der Waals surface area contributed by atoms with E-state index < -0.39 is 0 Å². The second-order valence-electron chi connectivity index (χ2n) is 5.24. The molecule has 0 saturated carbocycles. The maximum absolute atomic E-state index is 9.28. The number of nitrogens with zero attached hydrogens (tertiary/aromatic N) is 4. The zero-order valence-electron chi connectivity index (χ0n) is 11.8. The highest BCUT2D eigenvalue weighted by Crippen LogP contribution is 2.19. The Hall–Kier alpha value is -1.18. The third-order valence-corrected chi connectivity index (χ3v) is 4.41. The lowest BCUT2D eigenvalue weighted by Crippen LogP contribution is -2.33. The Balaban J connectivity index is 1.49. The number of aliphatic hydroxyl groups is 1. The zero-order chi connectivity index (χ0) is 14.7. The van der Waals surface area contributed by atoms with Crippen LogP contribution in [0.15, 0.2) is 22.9 Å². The van der Waals surface area contributed by atoms with Gasteiger partial charge in [-0.25, -0.2) is 4.52 Å². The van der Waals surface area contributed by atoms with Crippen LogP contribution >= 0.6 is 15.9 Å². The third kappa shape index (κ3) is 3.36. The first-order valence-electron chi connectivity index (χ1n) is 7.25. The Morgan fingerprint density at radius 1 is 1.48 bits per heavy atom. The van der Waals surface area contributed by atoms with Gasteiger partial charge in [-0.15, -0.1) is 0 Å². The molecular weight excluding hydrogens is 336 g/mol. The Morgan fingerprint density at radius 3 is 3.24 bits per heavy atom. The molecule has 1 fully saturated rings. The first kappa shape index (κ1) is 14.7. The minimum Gasteiger partial charge on any atom is -0.478 e. The fourth-order valence-electron chi connectivity index (χ4n) is 2.75. The Labute approximate surface area is 131 Å². The van der Waals surface area contributed by atoms with Crippen LogP contribution in [0.25, 0.3) is 5.65 Å². The molecule has 3 rings (SSSR count). The molecule has 1 N–H and O–H groups in total. The van der Waals surface area contributed by atoms with Gasteiger partial charge in [0.05, 0.1) is 23.9 Å². The molecule has 0 bridgehead atoms. The summed E-state index contributed by atoms with van der Waals surface area (Å²) >= 11 is 3.41. The summed E-state index contributed by atoms with van der Waals surface area (Å²) in [5, 5.41) is 13.4. The number of likely N-dealkylation sites (tertiary alicyclic amines) is 1. The van der Waals surface area contributed by atoms with E-state index in [9.17, 15) is 5.11 Å². The van der Waals surface area contributed by atoms with Crippen molar-refractivity contribution in [3.8, 4) is 5.88 Å². The molecule has 0 aliphatic carbocycles. The van der Waals surface area contributed by atoms with Crippen molar-refractivity contribution in [3.05, 3.63) is 22.9 Å². The minimum absolute atomic E-state index is 0.258. The van der Waals surface area contributed by atoms with Crippen molar-refractivity contribution in [1.82, 2.24) is 19.5 Å². The van der Waals surface area contributed by atoms with E-state index in [4.69, 9.17) is 4.74 Å². The van der Waals surface area contributed by atoms with Gasteiger partial charge in [0.2, 0.25) is 5.88 Å². The maximum Gasteiger partial charge on any atom is 0.216 e. The van der Waals surface area contributed by atoms with Gasteiger partial charge in [0.25, 0.3) is 0 Å². The average Bonchev–Trinajstić information content (AvgIpc) is 3.10. The first-order valence-corrected chi connectivity index (χ1v) is 8.05. The van der Waals surface area contributed by atoms with Crippen molar-refractivity contribution >= 4 is 21.6 Å². The number of halogens is 1. The molecule has 1 aliphatic rings. The lowest BCUT2D eigenvalue weighted by Gasteiger charge is -2.22. The van der Waals surface area contributed by atoms with Gasteiger partial charge >= 0.3 is 0 Å². The number of rotatable bonds is 6. The Bertz CT molecular complexity index is 604. The molecule has 0 spiro atoms. The van der Waals surface area contributed by atoms with Crippen molar-refractivity contribution in [1.29, 1.82) is 0 Å². The summed E-state index contributed by atoms with van der Waals surface area (Å²) in [5.74, 6) is 0.615. The highest BCUT2D eigenvalue weighted by molar-refractivity contribution is 9.10. The van der Waals surface area contributed by atoms with Crippen LogP contribution in [0.1, 0.15) is 19.3 Å². The molecule has 2 aromatic heterocycles. The predicted molar refractivity (Wildman–Crippen MR) is 82.5 cm³/mol. The molecule has 1 aliphatic heterocycles. The zero-order valence-corrected chi connectivity index (χ0v) is 13.4. The normalized spacial score (nSPS) is 19.4. The molecular formula is C14H19BrN4O2. The van der Waals surface area contributed by atoms with Crippen LogP contribution in [0.3, 0.4) is 0 Å². The van der Waals surface area contributed by atoms with Gasteiger partial charge in [-0.3, -0.25) is 4.90 Å². The van der Waals surface area contributed by atoms with E-state index in [1.54, 1.807) is 10.7 Å². The summed E-state index contributed by atoms with van der Waals surface area (Å²) in [6.07, 6.45) is 6.77. The van der Waals surface area contributed by atoms with Gasteiger partial charge < -0.3 is 9.84 Å². The molecule has 114 valence electrons. The van der Waals surface area contributed by atoms with Crippen LogP contribution < -0.4 is 4.74 Å². The van der Waals surface area contributed by atoms with Crippen LogP contribution in [0.5, 0.6) is 5.88 Å². The number of hydrogen-bond donors (Lipinski definition) is 1. The van der Waals surface area contributed by atoms with E-state index in [2.05, 4.69) is 30.9 Å². The summed E-state index contributed by atoms with van der Waals surface area (Å²) < 4.78 is 8.26. The first-order chi connectivity index (χ1) is 10.3. The van der Waals surface area contributed by atoms with Gasteiger partial charge in [0.1, 0.15) is 0 Å². The second kappa shape index (κ2) is 6.72. The Kier molecular flexibility index (Phi) is 4.72. The topological polar surface area (TPSA) is 62.9 Å². The number of aliphatic hydroxyl groups excluding tert-OH is 1. The number of hydrogen-bond acceptors (Lipinski definition) is 5. The summed E-state index contributed by atoms with van der Waals surface area (Å²) in [7, 11) is 0. The standard InChI is InChI=1S/C14H19BrN4O2/c15-12-9-16-19-7-4-13(17-14(12)19)21-8-2-6-18-5-1-3-11(18)10-20/h4,7,9,11,20H,1-3,5-6,8,10H2/t11-/m0/s1. The maximum atomic E-state index is 9.28. The molecule has 7 heteroatoms. The molecule has 1 saturated heterocycles. The second-order valence-corrected chi connectivity index (χ2v) is 6.10. The summed E-state index contributed by atoms with van der Waals surface area (Å²) in [5.41, 5.74) is 0.757. The van der Waals surface area contributed by atoms with Gasteiger partial charge in [-0.1, -0.05) is 0 Å². The monoisotopic (exact) mass is 354 g/mol. The van der Waals surface area contributed by atoms with E-state index in [1.165, 1.54) is 6.42 Å². The van der Waals surface area contributed by atoms with Crippen LogP contribution in [0.2, 0.25) is 0 Å². The molecule has 0 aromatic carbocycles. The predicted octanol–water partition coefficient (Wildman–Crippen LogP) is 1.72. The fourth-order valence-corrected chi connectivity index (χ4v) is 3.11. The third-order valence-electron chi connectivity index (χ3n) is 3.85. The highest BCUT2D eigenvalue weighted by atomic mass is 79.9. The molecule has 21 heavy (non-hydrogen) atoms. The number of fused-ring (bicyclic) bond motifs is 1. The average molecular weight is 355 g/mol. The fraction of sp³-hybridized carbons (Fsp3) is 0.571. The quantitative estimate of drug-likeness (QED) is 0.800. The van der Waals surface area contributed by atoms with E-state index in [1.807, 2.05) is 12.3 Å². The van der Waals surface area contributed by atoms with Crippen molar-refractivity contribution in [2.24, 2.45) is 0 Å². The van der Waals surface area contributed by atoms with Gasteiger partial charge in [-0.2, -0.15) is 10.1 Å². The highest BCUT2D eigenvalue weighted by Gasteiger charge is 2.22. The van der Waals surface area contributed by atoms with Crippen LogP contribution in [-0.2, 0) is 0 Å². The van der Waals surface area contributed by atoms with E-state index in [0.717, 1.165) is 36.1 Å². The molecule has 1 atom stereocenters. The molecule has 0 radical (unpaired) electrons. The van der Waals surface area contributed by atoms with E-state index >= 15 is 0 Å². The van der Waals surface area contributed by atoms with Crippen molar-refractivity contribution in [2.75, 3.05) is 26.3 Å². The SMILES string of the molecule is OC[C@@H]1CCCN1CCCOc1ccn2ncc(Br)c2n1. The van der Waals surface area contributed by atoms with Crippen molar-refractivity contribution in [3.63, 3.8) is 0 Å². The summed E-state index contributed by atoms with van der Waals surface area (Å²) in [6, 6.07) is 2.15.